The van der Waals surface area contributed by atoms with Crippen molar-refractivity contribution in [2.75, 3.05) is 25.0 Å². The van der Waals surface area contributed by atoms with Crippen LogP contribution in [0.2, 0.25) is 0 Å². The number of aryl methyl sites for hydroxylation is 1. The molecule has 0 aliphatic rings. The Kier molecular flexibility index (Phi) is 7.09. The maximum atomic E-state index is 12.0. The normalized spacial score (nSPS) is 10.5. The largest absolute Gasteiger partial charge is 0.425 e. The summed E-state index contributed by atoms with van der Waals surface area (Å²) in [6.45, 7) is 2.37. The van der Waals surface area contributed by atoms with Gasteiger partial charge in [0, 0.05) is 44.2 Å². The van der Waals surface area contributed by atoms with E-state index in [0.717, 1.165) is 11.5 Å². The molecular weight excluding hydrogens is 384 g/mol. The second-order valence-electron chi connectivity index (χ2n) is 6.73. The lowest BCUT2D eigenvalue weighted by Crippen LogP contribution is -2.32. The molecule has 9 heteroatoms. The van der Waals surface area contributed by atoms with Crippen LogP contribution in [0.15, 0.2) is 55.1 Å². The second kappa shape index (κ2) is 10.1. The molecule has 2 aromatic heterocycles. The number of imidazole rings is 1. The molecule has 0 atom stereocenters. The molecule has 2 heterocycles. The molecule has 9 nitrogen and oxygen atoms in total. The Hall–Kier alpha value is -3.75. The molecule has 0 fully saturated rings. The summed E-state index contributed by atoms with van der Waals surface area (Å²) >= 11 is 0. The van der Waals surface area contributed by atoms with E-state index in [-0.39, 0.29) is 12.5 Å². The Morgan fingerprint density at radius 1 is 1.20 bits per heavy atom. The minimum absolute atomic E-state index is 0.164. The number of anilines is 1. The van der Waals surface area contributed by atoms with Gasteiger partial charge in [0.15, 0.2) is 0 Å². The van der Waals surface area contributed by atoms with Crippen molar-refractivity contribution >= 4 is 17.7 Å². The molecular formula is C21H24N6O3. The Morgan fingerprint density at radius 3 is 2.73 bits per heavy atom. The Balaban J connectivity index is 1.42. The first-order valence-electron chi connectivity index (χ1n) is 9.59. The van der Waals surface area contributed by atoms with Gasteiger partial charge in [-0.15, -0.1) is 0 Å². The van der Waals surface area contributed by atoms with Gasteiger partial charge in [-0.2, -0.15) is 4.98 Å². The van der Waals surface area contributed by atoms with Crippen molar-refractivity contribution in [3.05, 3.63) is 60.8 Å². The van der Waals surface area contributed by atoms with Crippen LogP contribution in [0.5, 0.6) is 5.75 Å². The molecule has 0 saturated carbocycles. The number of benzene rings is 1. The van der Waals surface area contributed by atoms with Crippen molar-refractivity contribution in [3.63, 3.8) is 0 Å². The number of ether oxygens (including phenoxy) is 1. The summed E-state index contributed by atoms with van der Waals surface area (Å²) in [4.78, 5) is 38.7. The zero-order valence-corrected chi connectivity index (χ0v) is 17.0. The number of aromatic nitrogens is 4. The standard InChI is InChI=1S/C21H24N6O3/c1-16-13-18(25-21(24-16)27-12-10-22-15-27)26(2)11-6-9-19(28)23-14-20(29)30-17-7-4-3-5-8-17/h3-5,7-8,10,12-13,15H,6,9,11,14H2,1-2H3,(H,23,28). The van der Waals surface area contributed by atoms with Gasteiger partial charge in [0.25, 0.3) is 0 Å². The number of hydrogen-bond donors (Lipinski definition) is 1. The SMILES string of the molecule is Cc1cc(N(C)CCCC(=O)NCC(=O)Oc2ccccc2)nc(-n2ccnc2)n1. The van der Waals surface area contributed by atoms with E-state index in [4.69, 9.17) is 4.74 Å². The van der Waals surface area contributed by atoms with E-state index in [1.165, 1.54) is 0 Å². The molecule has 3 rings (SSSR count). The summed E-state index contributed by atoms with van der Waals surface area (Å²) < 4.78 is 6.88. The summed E-state index contributed by atoms with van der Waals surface area (Å²) in [5.74, 6) is 1.05. The highest BCUT2D eigenvalue weighted by molar-refractivity contribution is 5.82. The highest BCUT2D eigenvalue weighted by Gasteiger charge is 2.11. The summed E-state index contributed by atoms with van der Waals surface area (Å²) in [7, 11) is 1.91. The van der Waals surface area contributed by atoms with E-state index >= 15 is 0 Å². The number of rotatable bonds is 9. The van der Waals surface area contributed by atoms with Crippen LogP contribution in [0, 0.1) is 6.92 Å². The number of nitrogens with zero attached hydrogens (tertiary/aromatic N) is 5. The Bertz CT molecular complexity index is 976. The lowest BCUT2D eigenvalue weighted by atomic mass is 10.2. The predicted octanol–water partition coefficient (Wildman–Crippen LogP) is 1.91. The molecule has 0 aliphatic carbocycles. The fraction of sp³-hybridized carbons (Fsp3) is 0.286. The van der Waals surface area contributed by atoms with E-state index in [9.17, 15) is 9.59 Å². The van der Waals surface area contributed by atoms with E-state index in [1.54, 1.807) is 47.6 Å². The number of para-hydroxylation sites is 1. The maximum Gasteiger partial charge on any atom is 0.330 e. The van der Waals surface area contributed by atoms with Gasteiger partial charge in [-0.25, -0.2) is 14.8 Å². The van der Waals surface area contributed by atoms with Crippen LogP contribution in [0.1, 0.15) is 18.5 Å². The van der Waals surface area contributed by atoms with E-state index < -0.39 is 5.97 Å². The monoisotopic (exact) mass is 408 g/mol. The van der Waals surface area contributed by atoms with Crippen molar-refractivity contribution in [2.45, 2.75) is 19.8 Å². The van der Waals surface area contributed by atoms with Crippen LogP contribution in [0.25, 0.3) is 5.95 Å². The van der Waals surface area contributed by atoms with Crippen LogP contribution in [0.4, 0.5) is 5.82 Å². The minimum atomic E-state index is -0.504. The first kappa shape index (κ1) is 21.0. The van der Waals surface area contributed by atoms with Gasteiger partial charge in [-0.1, -0.05) is 18.2 Å². The Morgan fingerprint density at radius 2 is 2.00 bits per heavy atom. The number of carbonyl (C=O) groups is 2. The maximum absolute atomic E-state index is 12.0. The molecule has 0 saturated heterocycles. The molecule has 0 bridgehead atoms. The zero-order valence-electron chi connectivity index (χ0n) is 17.0. The summed E-state index contributed by atoms with van der Waals surface area (Å²) in [6.07, 6.45) is 6.00. The van der Waals surface area contributed by atoms with Gasteiger partial charge in [-0.05, 0) is 25.5 Å². The third-order valence-corrected chi connectivity index (χ3v) is 4.26. The third kappa shape index (κ3) is 6.13. The molecule has 30 heavy (non-hydrogen) atoms. The van der Waals surface area contributed by atoms with E-state index in [0.29, 0.717) is 31.1 Å². The molecule has 3 aromatic rings. The molecule has 1 N–H and O–H groups in total. The third-order valence-electron chi connectivity index (χ3n) is 4.26. The van der Waals surface area contributed by atoms with Gasteiger partial charge in [-0.3, -0.25) is 9.36 Å². The first-order valence-corrected chi connectivity index (χ1v) is 9.59. The van der Waals surface area contributed by atoms with Crippen LogP contribution in [-0.4, -0.2) is 51.5 Å². The molecule has 0 spiro atoms. The molecule has 1 aromatic carbocycles. The van der Waals surface area contributed by atoms with Gasteiger partial charge < -0.3 is 15.0 Å². The summed E-state index contributed by atoms with van der Waals surface area (Å²) in [5, 5.41) is 2.59. The topological polar surface area (TPSA) is 102 Å². The first-order chi connectivity index (χ1) is 14.5. The average Bonchev–Trinajstić information content (AvgIpc) is 3.27. The lowest BCUT2D eigenvalue weighted by Gasteiger charge is -2.19. The van der Waals surface area contributed by atoms with Crippen molar-refractivity contribution in [3.8, 4) is 11.7 Å². The summed E-state index contributed by atoms with van der Waals surface area (Å²) in [6, 6.07) is 10.6. The fourth-order valence-electron chi connectivity index (χ4n) is 2.73. The molecule has 0 unspecified atom stereocenters. The van der Waals surface area contributed by atoms with Crippen LogP contribution in [-0.2, 0) is 9.59 Å². The molecule has 0 radical (unpaired) electrons. The number of hydrogen-bond acceptors (Lipinski definition) is 7. The molecule has 0 aliphatic heterocycles. The van der Waals surface area contributed by atoms with Crippen molar-refractivity contribution in [1.82, 2.24) is 24.8 Å². The second-order valence-corrected chi connectivity index (χ2v) is 6.73. The predicted molar refractivity (Wildman–Crippen MR) is 111 cm³/mol. The smallest absolute Gasteiger partial charge is 0.330 e. The highest BCUT2D eigenvalue weighted by Crippen LogP contribution is 2.14. The van der Waals surface area contributed by atoms with Gasteiger partial charge in [0.1, 0.15) is 24.4 Å². The van der Waals surface area contributed by atoms with Crippen LogP contribution in [0.3, 0.4) is 0 Å². The average molecular weight is 408 g/mol. The van der Waals surface area contributed by atoms with Crippen molar-refractivity contribution in [2.24, 2.45) is 0 Å². The van der Waals surface area contributed by atoms with Gasteiger partial charge in [0.2, 0.25) is 11.9 Å². The number of esters is 1. The molecule has 1 amide bonds. The zero-order chi connectivity index (χ0) is 21.3. The van der Waals surface area contributed by atoms with Crippen molar-refractivity contribution in [1.29, 1.82) is 0 Å². The number of carbonyl (C=O) groups excluding carboxylic acids is 2. The quantitative estimate of drug-likeness (QED) is 0.426. The number of amides is 1. The van der Waals surface area contributed by atoms with Crippen LogP contribution >= 0.6 is 0 Å². The van der Waals surface area contributed by atoms with Crippen molar-refractivity contribution < 1.29 is 14.3 Å². The Labute approximate surface area is 174 Å². The highest BCUT2D eigenvalue weighted by atomic mass is 16.5. The number of nitrogens with one attached hydrogen (secondary N) is 1. The minimum Gasteiger partial charge on any atom is -0.425 e. The van der Waals surface area contributed by atoms with Gasteiger partial charge >= 0.3 is 5.97 Å². The van der Waals surface area contributed by atoms with E-state index in [1.807, 2.05) is 31.0 Å². The van der Waals surface area contributed by atoms with Crippen LogP contribution < -0.4 is 15.0 Å². The van der Waals surface area contributed by atoms with Gasteiger partial charge in [0.05, 0.1) is 0 Å². The lowest BCUT2D eigenvalue weighted by molar-refractivity contribution is -0.135. The summed E-state index contributed by atoms with van der Waals surface area (Å²) in [5.41, 5.74) is 0.838. The molecule has 156 valence electrons. The fourth-order valence-corrected chi connectivity index (χ4v) is 2.73. The van der Waals surface area contributed by atoms with E-state index in [2.05, 4.69) is 20.3 Å².